The molecule has 0 radical (unpaired) electrons. The number of rotatable bonds is 4. The Labute approximate surface area is 148 Å². The van der Waals surface area contributed by atoms with E-state index in [1.807, 2.05) is 25.2 Å². The molecule has 2 rings (SSSR count). The minimum Gasteiger partial charge on any atom is -0.352 e. The maximum absolute atomic E-state index is 12.9. The lowest BCUT2D eigenvalue weighted by molar-refractivity contribution is 0.476. The summed E-state index contributed by atoms with van der Waals surface area (Å²) in [7, 11) is 3.75. The summed E-state index contributed by atoms with van der Waals surface area (Å²) < 4.78 is 12.9. The summed E-state index contributed by atoms with van der Waals surface area (Å²) in [6, 6.07) is 16.7. The molecule has 22 heavy (non-hydrogen) atoms. The van der Waals surface area contributed by atoms with Crippen molar-refractivity contribution in [3.8, 4) is 0 Å². The third-order valence-electron chi connectivity index (χ3n) is 3.20. The van der Waals surface area contributed by atoms with E-state index in [2.05, 4.69) is 27.3 Å². The minimum atomic E-state index is -0.218. The molecular formula is C17H21FIN3. The fraction of sp³-hybridized carbons (Fsp3) is 0.235. The van der Waals surface area contributed by atoms with E-state index in [9.17, 15) is 4.39 Å². The van der Waals surface area contributed by atoms with Crippen LogP contribution in [0.3, 0.4) is 0 Å². The monoisotopic (exact) mass is 413 g/mol. The standard InChI is InChI=1S/C17H20FN3.HI/c1-19-17(20-12-14-8-10-16(18)11-9-14)21(2)13-15-6-4-3-5-7-15;/h3-11H,12-13H2,1-2H3,(H,19,20);1H. The van der Waals surface area contributed by atoms with Crippen LogP contribution in [0.15, 0.2) is 59.6 Å². The molecule has 5 heteroatoms. The predicted octanol–water partition coefficient (Wildman–Crippen LogP) is 3.65. The molecule has 0 aliphatic heterocycles. The SMILES string of the molecule is CN=C(NCc1ccc(F)cc1)N(C)Cc1ccccc1.I. The summed E-state index contributed by atoms with van der Waals surface area (Å²) in [6.45, 7) is 1.40. The van der Waals surface area contributed by atoms with Gasteiger partial charge in [0.1, 0.15) is 5.82 Å². The van der Waals surface area contributed by atoms with Gasteiger partial charge in [-0.05, 0) is 23.3 Å². The van der Waals surface area contributed by atoms with Crippen LogP contribution in [0.5, 0.6) is 0 Å². The van der Waals surface area contributed by atoms with E-state index in [1.165, 1.54) is 17.7 Å². The normalized spacial score (nSPS) is 10.8. The zero-order valence-electron chi connectivity index (χ0n) is 12.8. The summed E-state index contributed by atoms with van der Waals surface area (Å²) in [5, 5.41) is 3.28. The Bertz CT molecular complexity index is 585. The fourth-order valence-corrected chi connectivity index (χ4v) is 2.10. The molecule has 2 aromatic rings. The molecule has 0 amide bonds. The van der Waals surface area contributed by atoms with Gasteiger partial charge in [-0.1, -0.05) is 42.5 Å². The van der Waals surface area contributed by atoms with E-state index in [0.717, 1.165) is 18.1 Å². The van der Waals surface area contributed by atoms with E-state index in [0.29, 0.717) is 6.54 Å². The van der Waals surface area contributed by atoms with Crippen LogP contribution in [0.1, 0.15) is 11.1 Å². The maximum Gasteiger partial charge on any atom is 0.193 e. The average Bonchev–Trinajstić information content (AvgIpc) is 2.51. The molecule has 2 aromatic carbocycles. The number of aliphatic imine (C=N–C) groups is 1. The van der Waals surface area contributed by atoms with E-state index in [1.54, 1.807) is 19.2 Å². The molecule has 0 bridgehead atoms. The Balaban J connectivity index is 0.00000242. The van der Waals surface area contributed by atoms with Gasteiger partial charge in [0.05, 0.1) is 0 Å². The Kier molecular flexibility index (Phi) is 7.87. The summed E-state index contributed by atoms with van der Waals surface area (Å²) in [5.41, 5.74) is 2.25. The summed E-state index contributed by atoms with van der Waals surface area (Å²) >= 11 is 0. The van der Waals surface area contributed by atoms with Crippen molar-refractivity contribution in [2.45, 2.75) is 13.1 Å². The van der Waals surface area contributed by atoms with Crippen LogP contribution >= 0.6 is 24.0 Å². The summed E-state index contributed by atoms with van der Waals surface area (Å²) in [5.74, 6) is 0.590. The highest BCUT2D eigenvalue weighted by atomic mass is 127. The Hall–Kier alpha value is -1.63. The molecular weight excluding hydrogens is 392 g/mol. The van der Waals surface area contributed by atoms with Crippen LogP contribution in [-0.4, -0.2) is 25.0 Å². The van der Waals surface area contributed by atoms with Crippen molar-refractivity contribution in [2.75, 3.05) is 14.1 Å². The molecule has 0 aliphatic rings. The van der Waals surface area contributed by atoms with Gasteiger partial charge >= 0.3 is 0 Å². The van der Waals surface area contributed by atoms with Crippen molar-refractivity contribution in [1.29, 1.82) is 0 Å². The molecule has 3 nitrogen and oxygen atoms in total. The van der Waals surface area contributed by atoms with Crippen LogP contribution in [0.4, 0.5) is 4.39 Å². The van der Waals surface area contributed by atoms with Crippen molar-refractivity contribution in [3.63, 3.8) is 0 Å². The van der Waals surface area contributed by atoms with Crippen molar-refractivity contribution in [2.24, 2.45) is 4.99 Å². The van der Waals surface area contributed by atoms with Crippen molar-refractivity contribution >= 4 is 29.9 Å². The topological polar surface area (TPSA) is 27.6 Å². The van der Waals surface area contributed by atoms with E-state index < -0.39 is 0 Å². The maximum atomic E-state index is 12.9. The van der Waals surface area contributed by atoms with Crippen molar-refractivity contribution < 1.29 is 4.39 Å². The van der Waals surface area contributed by atoms with Crippen molar-refractivity contribution in [1.82, 2.24) is 10.2 Å². The first-order valence-electron chi connectivity index (χ1n) is 6.89. The van der Waals surface area contributed by atoms with Crippen LogP contribution in [0.25, 0.3) is 0 Å². The van der Waals surface area contributed by atoms with Gasteiger partial charge in [-0.15, -0.1) is 24.0 Å². The largest absolute Gasteiger partial charge is 0.352 e. The zero-order chi connectivity index (χ0) is 15.1. The Morgan fingerprint density at radius 1 is 1.05 bits per heavy atom. The second-order valence-electron chi connectivity index (χ2n) is 4.87. The molecule has 0 spiro atoms. The van der Waals surface area contributed by atoms with E-state index >= 15 is 0 Å². The molecule has 0 aromatic heterocycles. The first kappa shape index (κ1) is 18.4. The number of guanidine groups is 1. The highest BCUT2D eigenvalue weighted by Gasteiger charge is 2.06. The lowest BCUT2D eigenvalue weighted by Gasteiger charge is -2.22. The van der Waals surface area contributed by atoms with Crippen LogP contribution < -0.4 is 5.32 Å². The molecule has 1 N–H and O–H groups in total. The number of halogens is 2. The molecule has 0 heterocycles. The van der Waals surface area contributed by atoms with Gasteiger partial charge in [0.25, 0.3) is 0 Å². The van der Waals surface area contributed by atoms with Gasteiger partial charge in [0, 0.05) is 27.2 Å². The minimum absolute atomic E-state index is 0. The number of nitrogens with one attached hydrogen (secondary N) is 1. The number of hydrogen-bond acceptors (Lipinski definition) is 1. The summed E-state index contributed by atoms with van der Waals surface area (Å²) in [6.07, 6.45) is 0. The third kappa shape index (κ3) is 5.63. The van der Waals surface area contributed by atoms with E-state index in [4.69, 9.17) is 0 Å². The Morgan fingerprint density at radius 2 is 1.68 bits per heavy atom. The lowest BCUT2D eigenvalue weighted by atomic mass is 10.2. The smallest absolute Gasteiger partial charge is 0.193 e. The van der Waals surface area contributed by atoms with Gasteiger partial charge in [-0.2, -0.15) is 0 Å². The second kappa shape index (κ2) is 9.40. The zero-order valence-corrected chi connectivity index (χ0v) is 15.1. The molecule has 0 saturated carbocycles. The van der Waals surface area contributed by atoms with Gasteiger partial charge in [0.2, 0.25) is 0 Å². The number of nitrogens with zero attached hydrogens (tertiary/aromatic N) is 2. The van der Waals surface area contributed by atoms with E-state index in [-0.39, 0.29) is 29.8 Å². The quantitative estimate of drug-likeness (QED) is 0.471. The van der Waals surface area contributed by atoms with Gasteiger partial charge < -0.3 is 10.2 Å². The molecule has 0 fully saturated rings. The average molecular weight is 413 g/mol. The van der Waals surface area contributed by atoms with Gasteiger partial charge in [-0.3, -0.25) is 4.99 Å². The summed E-state index contributed by atoms with van der Waals surface area (Å²) in [4.78, 5) is 6.33. The highest BCUT2D eigenvalue weighted by Crippen LogP contribution is 2.05. The van der Waals surface area contributed by atoms with Gasteiger partial charge in [-0.25, -0.2) is 4.39 Å². The first-order valence-corrected chi connectivity index (χ1v) is 6.89. The molecule has 0 saturated heterocycles. The molecule has 118 valence electrons. The number of benzene rings is 2. The Morgan fingerprint density at radius 3 is 2.27 bits per heavy atom. The molecule has 0 unspecified atom stereocenters. The highest BCUT2D eigenvalue weighted by molar-refractivity contribution is 14.0. The van der Waals surface area contributed by atoms with Crippen LogP contribution in [-0.2, 0) is 13.1 Å². The van der Waals surface area contributed by atoms with Crippen LogP contribution in [0, 0.1) is 5.82 Å². The van der Waals surface area contributed by atoms with Gasteiger partial charge in [0.15, 0.2) is 5.96 Å². The fourth-order valence-electron chi connectivity index (χ4n) is 2.10. The first-order chi connectivity index (χ1) is 10.2. The second-order valence-corrected chi connectivity index (χ2v) is 4.87. The van der Waals surface area contributed by atoms with Crippen molar-refractivity contribution in [3.05, 3.63) is 71.5 Å². The number of hydrogen-bond donors (Lipinski definition) is 1. The third-order valence-corrected chi connectivity index (χ3v) is 3.20. The molecule has 0 aliphatic carbocycles. The lowest BCUT2D eigenvalue weighted by Crippen LogP contribution is -2.38. The molecule has 0 atom stereocenters. The predicted molar refractivity (Wildman–Crippen MR) is 99.9 cm³/mol. The van der Waals surface area contributed by atoms with Crippen LogP contribution in [0.2, 0.25) is 0 Å².